The van der Waals surface area contributed by atoms with E-state index in [-0.39, 0.29) is 4.74 Å². The molecule has 0 atom stereocenters. The maximum atomic E-state index is 11.8. The second kappa shape index (κ2) is 3.15. The van der Waals surface area contributed by atoms with E-state index in [1.165, 1.54) is 11.3 Å². The highest BCUT2D eigenvalue weighted by molar-refractivity contribution is 7.16. The largest absolute Gasteiger partial charge is 0.440 e. The summed E-state index contributed by atoms with van der Waals surface area (Å²) in [6.45, 7) is 3.77. The Morgan fingerprint density at radius 2 is 2.12 bits per heavy atom. The molecule has 80 valence electrons. The summed E-state index contributed by atoms with van der Waals surface area (Å²) in [6, 6.07) is 5.97. The Morgan fingerprint density at radius 3 is 2.94 bits per heavy atom. The SMILES string of the molecule is Cc1ccc2sc(=O)c3nc(C)oc3c2c1. The predicted octanol–water partition coefficient (Wildman–Crippen LogP) is 3.02. The molecule has 2 heterocycles. The van der Waals surface area contributed by atoms with Gasteiger partial charge in [0.1, 0.15) is 0 Å². The van der Waals surface area contributed by atoms with Crippen molar-refractivity contribution in [3.05, 3.63) is 39.2 Å². The van der Waals surface area contributed by atoms with Crippen LogP contribution < -0.4 is 4.74 Å². The van der Waals surface area contributed by atoms with Gasteiger partial charge in [-0.2, -0.15) is 0 Å². The van der Waals surface area contributed by atoms with Gasteiger partial charge in [0.2, 0.25) is 0 Å². The number of rotatable bonds is 0. The van der Waals surface area contributed by atoms with Crippen LogP contribution in [0.5, 0.6) is 0 Å². The number of benzene rings is 1. The quantitative estimate of drug-likeness (QED) is 0.597. The number of nitrogens with zero attached hydrogens (tertiary/aromatic N) is 1. The van der Waals surface area contributed by atoms with Crippen LogP contribution in [0.1, 0.15) is 11.5 Å². The monoisotopic (exact) mass is 231 g/mol. The first-order valence-electron chi connectivity index (χ1n) is 4.96. The summed E-state index contributed by atoms with van der Waals surface area (Å²) in [4.78, 5) is 15.9. The van der Waals surface area contributed by atoms with Crippen molar-refractivity contribution in [3.8, 4) is 0 Å². The Balaban J connectivity index is 2.65. The lowest BCUT2D eigenvalue weighted by Gasteiger charge is -1.97. The second-order valence-electron chi connectivity index (χ2n) is 3.80. The molecule has 3 nitrogen and oxygen atoms in total. The number of hydrogen-bond donors (Lipinski definition) is 0. The van der Waals surface area contributed by atoms with Crippen molar-refractivity contribution in [1.29, 1.82) is 0 Å². The maximum Gasteiger partial charge on any atom is 0.262 e. The summed E-state index contributed by atoms with van der Waals surface area (Å²) >= 11 is 1.22. The van der Waals surface area contributed by atoms with Crippen LogP contribution in [0.25, 0.3) is 21.2 Å². The molecule has 3 rings (SSSR count). The number of fused-ring (bicyclic) bond motifs is 3. The summed E-state index contributed by atoms with van der Waals surface area (Å²) in [6.07, 6.45) is 0. The molecule has 0 unspecified atom stereocenters. The highest BCUT2D eigenvalue weighted by Gasteiger charge is 2.11. The third-order valence-corrected chi connectivity index (χ3v) is 3.46. The summed E-state index contributed by atoms with van der Waals surface area (Å²) in [5.41, 5.74) is 2.20. The summed E-state index contributed by atoms with van der Waals surface area (Å²) in [5.74, 6) is 0.535. The fraction of sp³-hybridized carbons (Fsp3) is 0.167. The average Bonchev–Trinajstić information content (AvgIpc) is 2.62. The summed E-state index contributed by atoms with van der Waals surface area (Å²) in [5, 5.41) is 0.972. The molecule has 0 bridgehead atoms. The van der Waals surface area contributed by atoms with E-state index in [1.807, 2.05) is 25.1 Å². The smallest absolute Gasteiger partial charge is 0.262 e. The standard InChI is InChI=1S/C12H9NO2S/c1-6-3-4-9-8(5-6)11-10(12(14)16-9)13-7(2)15-11/h3-5H,1-2H3. The van der Waals surface area contributed by atoms with Crippen molar-refractivity contribution in [1.82, 2.24) is 4.98 Å². The molecular weight excluding hydrogens is 222 g/mol. The van der Waals surface area contributed by atoms with Gasteiger partial charge < -0.3 is 4.42 Å². The van der Waals surface area contributed by atoms with Gasteiger partial charge >= 0.3 is 0 Å². The predicted molar refractivity (Wildman–Crippen MR) is 65.1 cm³/mol. The van der Waals surface area contributed by atoms with Gasteiger partial charge in [0.25, 0.3) is 4.74 Å². The lowest BCUT2D eigenvalue weighted by Crippen LogP contribution is -1.95. The molecule has 0 aliphatic heterocycles. The van der Waals surface area contributed by atoms with Crippen molar-refractivity contribution in [2.24, 2.45) is 0 Å². The minimum atomic E-state index is -0.0387. The van der Waals surface area contributed by atoms with E-state index in [4.69, 9.17) is 4.42 Å². The van der Waals surface area contributed by atoms with Gasteiger partial charge in [-0.05, 0) is 19.1 Å². The molecule has 0 spiro atoms. The molecule has 3 aromatic rings. The Bertz CT molecular complexity index is 755. The first-order valence-corrected chi connectivity index (χ1v) is 5.77. The highest BCUT2D eigenvalue weighted by Crippen LogP contribution is 2.26. The van der Waals surface area contributed by atoms with Crippen molar-refractivity contribution in [2.45, 2.75) is 13.8 Å². The minimum absolute atomic E-state index is 0.0387. The van der Waals surface area contributed by atoms with Gasteiger partial charge in [-0.3, -0.25) is 4.79 Å². The van der Waals surface area contributed by atoms with Crippen LogP contribution in [0.2, 0.25) is 0 Å². The van der Waals surface area contributed by atoms with Crippen molar-refractivity contribution in [2.75, 3.05) is 0 Å². The highest BCUT2D eigenvalue weighted by atomic mass is 32.1. The Morgan fingerprint density at radius 1 is 1.31 bits per heavy atom. The molecule has 2 aromatic heterocycles. The van der Waals surface area contributed by atoms with E-state index in [0.717, 1.165) is 15.6 Å². The number of aryl methyl sites for hydroxylation is 2. The molecule has 0 saturated heterocycles. The first-order chi connectivity index (χ1) is 7.65. The van der Waals surface area contributed by atoms with E-state index < -0.39 is 0 Å². The second-order valence-corrected chi connectivity index (χ2v) is 4.81. The Labute approximate surface area is 95.4 Å². The van der Waals surface area contributed by atoms with E-state index in [9.17, 15) is 4.79 Å². The third kappa shape index (κ3) is 1.27. The van der Waals surface area contributed by atoms with Crippen molar-refractivity contribution in [3.63, 3.8) is 0 Å². The van der Waals surface area contributed by atoms with Gasteiger partial charge in [0.05, 0.1) is 0 Å². The first kappa shape index (κ1) is 9.54. The molecule has 1 aromatic carbocycles. The van der Waals surface area contributed by atoms with Gasteiger partial charge in [0, 0.05) is 17.0 Å². The molecule has 0 fully saturated rings. The molecule has 4 heteroatoms. The van der Waals surface area contributed by atoms with Crippen LogP contribution >= 0.6 is 11.3 Å². The topological polar surface area (TPSA) is 43.1 Å². The van der Waals surface area contributed by atoms with Crippen molar-refractivity contribution >= 4 is 32.5 Å². The van der Waals surface area contributed by atoms with Gasteiger partial charge in [0.15, 0.2) is 17.0 Å². The van der Waals surface area contributed by atoms with E-state index in [0.29, 0.717) is 17.0 Å². The average molecular weight is 231 g/mol. The van der Waals surface area contributed by atoms with E-state index in [2.05, 4.69) is 4.98 Å². The van der Waals surface area contributed by atoms with Crippen LogP contribution in [0.3, 0.4) is 0 Å². The van der Waals surface area contributed by atoms with Crippen LogP contribution in [0.15, 0.2) is 27.4 Å². The van der Waals surface area contributed by atoms with Gasteiger partial charge in [-0.25, -0.2) is 4.98 Å². The zero-order valence-corrected chi connectivity index (χ0v) is 9.72. The van der Waals surface area contributed by atoms with Crippen molar-refractivity contribution < 1.29 is 4.42 Å². The maximum absolute atomic E-state index is 11.8. The number of oxazole rings is 1. The zero-order valence-electron chi connectivity index (χ0n) is 8.90. The summed E-state index contributed by atoms with van der Waals surface area (Å²) < 4.78 is 6.42. The van der Waals surface area contributed by atoms with Gasteiger partial charge in [-0.15, -0.1) is 0 Å². The fourth-order valence-corrected chi connectivity index (χ4v) is 2.64. The van der Waals surface area contributed by atoms with E-state index in [1.54, 1.807) is 6.92 Å². The molecule has 0 amide bonds. The molecule has 0 aliphatic rings. The third-order valence-electron chi connectivity index (χ3n) is 2.51. The van der Waals surface area contributed by atoms with Crippen LogP contribution in [-0.4, -0.2) is 4.98 Å². The number of aromatic nitrogens is 1. The number of hydrogen-bond acceptors (Lipinski definition) is 4. The van der Waals surface area contributed by atoms with Crippen LogP contribution in [-0.2, 0) is 0 Å². The summed E-state index contributed by atoms with van der Waals surface area (Å²) in [7, 11) is 0. The Kier molecular flexibility index (Phi) is 1.88. The molecule has 0 aliphatic carbocycles. The zero-order chi connectivity index (χ0) is 11.3. The van der Waals surface area contributed by atoms with Crippen LogP contribution in [0, 0.1) is 13.8 Å². The molecule has 0 saturated carbocycles. The van der Waals surface area contributed by atoms with Crippen LogP contribution in [0.4, 0.5) is 0 Å². The lowest BCUT2D eigenvalue weighted by atomic mass is 10.2. The Hall–Kier alpha value is -1.68. The van der Waals surface area contributed by atoms with Gasteiger partial charge in [-0.1, -0.05) is 23.0 Å². The molecule has 16 heavy (non-hydrogen) atoms. The fourth-order valence-electron chi connectivity index (χ4n) is 1.81. The molecule has 0 N–H and O–H groups in total. The van der Waals surface area contributed by atoms with E-state index >= 15 is 0 Å². The minimum Gasteiger partial charge on any atom is -0.440 e. The molecule has 0 radical (unpaired) electrons. The molecular formula is C12H9NO2S. The lowest BCUT2D eigenvalue weighted by molar-refractivity contribution is 0.563. The normalized spacial score (nSPS) is 11.4.